The van der Waals surface area contributed by atoms with Crippen LogP contribution >= 0.6 is 0 Å². The molecule has 1 amide bonds. The molecule has 0 bridgehead atoms. The predicted molar refractivity (Wildman–Crippen MR) is 145 cm³/mol. The van der Waals surface area contributed by atoms with Gasteiger partial charge in [0, 0.05) is 48.8 Å². The third-order valence-electron chi connectivity index (χ3n) is 8.04. The number of nitrogens with zero attached hydrogens (tertiary/aromatic N) is 8. The van der Waals surface area contributed by atoms with E-state index < -0.39 is 15.1 Å². The Hall–Kier alpha value is -3.53. The van der Waals surface area contributed by atoms with Gasteiger partial charge in [0.1, 0.15) is 29.3 Å². The third kappa shape index (κ3) is 4.64. The number of aromatic nitrogens is 4. The Morgan fingerprint density at radius 3 is 2.56 bits per heavy atom. The molecule has 3 atom stereocenters. The number of hydrogen-bond donors (Lipinski definition) is 0. The van der Waals surface area contributed by atoms with E-state index >= 15 is 0 Å². The number of carbonyl (C=O) groups excluding carboxylic acids is 1. The molecule has 0 aliphatic carbocycles. The van der Waals surface area contributed by atoms with Crippen LogP contribution in [0.15, 0.2) is 12.4 Å². The lowest BCUT2D eigenvalue weighted by molar-refractivity contribution is -0.133. The smallest absolute Gasteiger partial charge is 0.241 e. The number of fused-ring (bicyclic) bond motifs is 1. The summed E-state index contributed by atoms with van der Waals surface area (Å²) in [6, 6.07) is 3.40. The van der Waals surface area contributed by atoms with Gasteiger partial charge >= 0.3 is 0 Å². The van der Waals surface area contributed by atoms with Crippen molar-refractivity contribution in [3.05, 3.63) is 23.7 Å². The summed E-state index contributed by atoms with van der Waals surface area (Å²) in [6.07, 6.45) is 3.31. The normalized spacial score (nSPS) is 25.6. The molecule has 2 aromatic heterocycles. The fraction of sp³-hybridized carbons (Fsp3) is 0.615. The van der Waals surface area contributed by atoms with E-state index in [2.05, 4.69) is 33.9 Å². The van der Waals surface area contributed by atoms with Crippen molar-refractivity contribution in [3.63, 3.8) is 0 Å². The molecule has 0 unspecified atom stereocenters. The summed E-state index contributed by atoms with van der Waals surface area (Å²) >= 11 is 0. The van der Waals surface area contributed by atoms with Crippen LogP contribution in [0.1, 0.15) is 58.2 Å². The number of piperazine rings is 1. The van der Waals surface area contributed by atoms with Gasteiger partial charge < -0.3 is 19.4 Å². The van der Waals surface area contributed by atoms with Crippen molar-refractivity contribution in [3.8, 4) is 11.8 Å². The van der Waals surface area contributed by atoms with Gasteiger partial charge in [-0.05, 0) is 26.7 Å². The van der Waals surface area contributed by atoms with Crippen molar-refractivity contribution in [1.82, 2.24) is 25.1 Å². The highest BCUT2D eigenvalue weighted by atomic mass is 32.2. The van der Waals surface area contributed by atoms with E-state index in [1.807, 2.05) is 24.8 Å². The van der Waals surface area contributed by atoms with Crippen molar-refractivity contribution in [1.29, 1.82) is 5.26 Å². The maximum absolute atomic E-state index is 13.4. The van der Waals surface area contributed by atoms with Gasteiger partial charge in [-0.25, -0.2) is 18.4 Å². The molecule has 39 heavy (non-hydrogen) atoms. The molecule has 2 saturated heterocycles. The quantitative estimate of drug-likeness (QED) is 0.547. The summed E-state index contributed by atoms with van der Waals surface area (Å²) in [5.41, 5.74) is 0.726. The Balaban J connectivity index is 1.45. The van der Waals surface area contributed by atoms with Crippen LogP contribution in [0.2, 0.25) is 0 Å². The highest BCUT2D eigenvalue weighted by molar-refractivity contribution is 7.92. The van der Waals surface area contributed by atoms with Crippen LogP contribution < -0.4 is 14.5 Å². The van der Waals surface area contributed by atoms with E-state index in [0.29, 0.717) is 49.9 Å². The van der Waals surface area contributed by atoms with Gasteiger partial charge in [0.05, 0.1) is 12.9 Å². The summed E-state index contributed by atoms with van der Waals surface area (Å²) in [6.45, 7) is 9.73. The average Bonchev–Trinajstić information content (AvgIpc) is 3.19. The first kappa shape index (κ1) is 27.1. The molecule has 5 rings (SSSR count). The highest BCUT2D eigenvalue weighted by Gasteiger charge is 2.45. The fourth-order valence-electron chi connectivity index (χ4n) is 6.01. The second-order valence-corrected chi connectivity index (χ2v) is 13.6. The Morgan fingerprint density at radius 2 is 1.87 bits per heavy atom. The average molecular weight is 555 g/mol. The second kappa shape index (κ2) is 9.89. The van der Waals surface area contributed by atoms with Crippen molar-refractivity contribution in [2.45, 2.75) is 69.7 Å². The first-order valence-corrected chi connectivity index (χ1v) is 14.9. The number of ether oxygens (including phenoxy) is 1. The summed E-state index contributed by atoms with van der Waals surface area (Å²) < 4.78 is 30.6. The molecule has 2 fully saturated rings. The van der Waals surface area contributed by atoms with E-state index in [4.69, 9.17) is 9.72 Å². The topological polar surface area (TPSA) is 146 Å². The number of rotatable bonds is 4. The van der Waals surface area contributed by atoms with Crippen LogP contribution in [0.5, 0.6) is 5.75 Å². The molecule has 3 aliphatic rings. The molecule has 0 aromatic carbocycles. The molecule has 2 aromatic rings. The van der Waals surface area contributed by atoms with E-state index in [1.165, 1.54) is 13.4 Å². The summed E-state index contributed by atoms with van der Waals surface area (Å²) in [7, 11) is -1.93. The largest absolute Gasteiger partial charge is 0.493 e. The number of anilines is 3. The number of methoxy groups -OCH3 is 1. The van der Waals surface area contributed by atoms with Crippen molar-refractivity contribution in [2.24, 2.45) is 0 Å². The van der Waals surface area contributed by atoms with E-state index in [0.717, 1.165) is 17.8 Å². The van der Waals surface area contributed by atoms with Gasteiger partial charge in [-0.15, -0.1) is 10.2 Å². The van der Waals surface area contributed by atoms with Gasteiger partial charge in [-0.2, -0.15) is 5.26 Å². The number of amides is 1. The molecule has 13 heteroatoms. The molecular formula is C26H34N8O4S. The molecule has 0 radical (unpaired) electrons. The van der Waals surface area contributed by atoms with Crippen LogP contribution in [0.4, 0.5) is 17.5 Å². The van der Waals surface area contributed by atoms with Crippen molar-refractivity contribution in [2.75, 3.05) is 42.3 Å². The predicted octanol–water partition coefficient (Wildman–Crippen LogP) is 1.97. The Morgan fingerprint density at radius 1 is 1.13 bits per heavy atom. The molecule has 0 N–H and O–H groups in total. The lowest BCUT2D eigenvalue weighted by atomic mass is 9.87. The Bertz CT molecular complexity index is 1440. The van der Waals surface area contributed by atoms with E-state index in [9.17, 15) is 18.5 Å². The lowest BCUT2D eigenvalue weighted by Gasteiger charge is -2.46. The van der Waals surface area contributed by atoms with Gasteiger partial charge in [-0.1, -0.05) is 20.3 Å². The van der Waals surface area contributed by atoms with Gasteiger partial charge in [0.2, 0.25) is 11.6 Å². The highest BCUT2D eigenvalue weighted by Crippen LogP contribution is 2.47. The first-order valence-electron chi connectivity index (χ1n) is 13.2. The maximum atomic E-state index is 13.4. The van der Waals surface area contributed by atoms with Crippen LogP contribution in [0.3, 0.4) is 0 Å². The van der Waals surface area contributed by atoms with Gasteiger partial charge in [0.25, 0.3) is 0 Å². The van der Waals surface area contributed by atoms with Crippen molar-refractivity contribution < 1.29 is 17.9 Å². The number of nitriles is 1. The number of carbonyl (C=O) groups is 1. The molecular weight excluding hydrogens is 520 g/mol. The minimum absolute atomic E-state index is 0.0848. The SMILES string of the molecule is COc1cc(N2CC(C)(C)c3c2ncnc3N2C[C@@H](C)N(C(=O)[C@@H]3CCCCS3(=O)=O)C[C@@H]2C)nnc1C#N. The van der Waals surface area contributed by atoms with Crippen molar-refractivity contribution >= 4 is 33.2 Å². The molecule has 0 saturated carbocycles. The monoisotopic (exact) mass is 554 g/mol. The molecule has 0 spiro atoms. The molecule has 5 heterocycles. The number of sulfone groups is 1. The van der Waals surface area contributed by atoms with E-state index in [1.54, 1.807) is 11.0 Å². The number of hydrogen-bond acceptors (Lipinski definition) is 11. The minimum atomic E-state index is -3.41. The molecule has 208 valence electrons. The van der Waals surface area contributed by atoms with Crippen LogP contribution in [-0.4, -0.2) is 89.2 Å². The van der Waals surface area contributed by atoms with Gasteiger partial charge in [-0.3, -0.25) is 4.79 Å². The zero-order valence-electron chi connectivity index (χ0n) is 23.0. The van der Waals surface area contributed by atoms with Gasteiger partial charge in [0.15, 0.2) is 21.4 Å². The first-order chi connectivity index (χ1) is 18.5. The van der Waals surface area contributed by atoms with Crippen LogP contribution in [-0.2, 0) is 20.0 Å². The zero-order chi connectivity index (χ0) is 28.1. The Labute approximate surface area is 228 Å². The fourth-order valence-corrected chi connectivity index (χ4v) is 7.87. The van der Waals surface area contributed by atoms with Crippen LogP contribution in [0.25, 0.3) is 0 Å². The summed E-state index contributed by atoms with van der Waals surface area (Å²) in [5, 5.41) is 16.7. The summed E-state index contributed by atoms with van der Waals surface area (Å²) in [4.78, 5) is 28.6. The van der Waals surface area contributed by atoms with E-state index in [-0.39, 0.29) is 34.9 Å². The van der Waals surface area contributed by atoms with Crippen LogP contribution in [0, 0.1) is 11.3 Å². The maximum Gasteiger partial charge on any atom is 0.241 e. The zero-order valence-corrected chi connectivity index (χ0v) is 23.8. The molecule has 3 aliphatic heterocycles. The lowest BCUT2D eigenvalue weighted by Crippen LogP contribution is -2.61. The standard InChI is InChI=1S/C26H34N8O4S/c1-16-13-33(25(35)20-8-6-7-9-39(20,36)37)17(2)12-32(16)23-22-24(29-15-28-23)34(14-26(22,3)4)21-10-19(38-5)18(11-27)30-31-21/h10,15-17,20H,6-9,12-14H2,1-5H3/t16-,17+,20-/m0/s1. The Kier molecular flexibility index (Phi) is 6.86. The minimum Gasteiger partial charge on any atom is -0.493 e. The third-order valence-corrected chi connectivity index (χ3v) is 10.2. The summed E-state index contributed by atoms with van der Waals surface area (Å²) in [5.74, 6) is 2.16. The molecule has 12 nitrogen and oxygen atoms in total. The second-order valence-electron chi connectivity index (χ2n) is 11.3.